The van der Waals surface area contributed by atoms with Gasteiger partial charge in [-0.2, -0.15) is 0 Å². The average Bonchev–Trinajstić information content (AvgIpc) is 2.68. The number of amides is 1. The highest BCUT2D eigenvalue weighted by molar-refractivity contribution is 6.04. The molecule has 3 aromatic rings. The van der Waals surface area contributed by atoms with Crippen molar-refractivity contribution in [1.82, 2.24) is 0 Å². The van der Waals surface area contributed by atoms with E-state index in [1.807, 2.05) is 78.9 Å². The third-order valence-electron chi connectivity index (χ3n) is 3.79. The van der Waals surface area contributed by atoms with Crippen molar-refractivity contribution < 1.29 is 9.53 Å². The predicted molar refractivity (Wildman–Crippen MR) is 103 cm³/mol. The second-order valence-corrected chi connectivity index (χ2v) is 5.51. The number of hydrogen-bond acceptors (Lipinski definition) is 2. The van der Waals surface area contributed by atoms with Gasteiger partial charge in [0.25, 0.3) is 0 Å². The van der Waals surface area contributed by atoms with Crippen LogP contribution in [0.3, 0.4) is 0 Å². The van der Waals surface area contributed by atoms with Gasteiger partial charge in [-0.3, -0.25) is 4.79 Å². The van der Waals surface area contributed by atoms with Gasteiger partial charge in [0.1, 0.15) is 5.75 Å². The summed E-state index contributed by atoms with van der Waals surface area (Å²) in [6.45, 7) is 0. The van der Waals surface area contributed by atoms with Crippen molar-refractivity contribution in [2.75, 3.05) is 12.4 Å². The van der Waals surface area contributed by atoms with E-state index in [0.29, 0.717) is 0 Å². The van der Waals surface area contributed by atoms with E-state index in [-0.39, 0.29) is 5.91 Å². The fourth-order valence-corrected chi connectivity index (χ4v) is 2.55. The first-order chi connectivity index (χ1) is 12.3. The van der Waals surface area contributed by atoms with Gasteiger partial charge in [-0.15, -0.1) is 0 Å². The van der Waals surface area contributed by atoms with Crippen LogP contribution in [0.4, 0.5) is 5.69 Å². The van der Waals surface area contributed by atoms with Crippen molar-refractivity contribution in [1.29, 1.82) is 0 Å². The maximum absolute atomic E-state index is 12.3. The van der Waals surface area contributed by atoms with Crippen molar-refractivity contribution in [3.63, 3.8) is 0 Å². The number of rotatable bonds is 5. The Hall–Kier alpha value is -3.33. The normalized spacial score (nSPS) is 10.6. The van der Waals surface area contributed by atoms with Crippen molar-refractivity contribution in [2.45, 2.75) is 0 Å². The molecule has 0 aliphatic heterocycles. The molecule has 124 valence electrons. The molecule has 0 aliphatic rings. The van der Waals surface area contributed by atoms with Gasteiger partial charge in [-0.25, -0.2) is 0 Å². The standard InChI is InChI=1S/C22H19NO2/c1-25-19-11-7-8-17(16-19)14-15-22(24)23-21-13-6-5-12-20(21)18-9-3-2-4-10-18/h2-16H,1H3,(H,23,24)/b15-14+. The number of carbonyl (C=O) groups is 1. The molecule has 0 saturated heterocycles. The van der Waals surface area contributed by atoms with Crippen molar-refractivity contribution in [2.24, 2.45) is 0 Å². The first kappa shape index (κ1) is 16.5. The Labute approximate surface area is 147 Å². The van der Waals surface area contributed by atoms with E-state index in [9.17, 15) is 4.79 Å². The maximum atomic E-state index is 12.3. The molecule has 1 N–H and O–H groups in total. The molecule has 0 unspecified atom stereocenters. The van der Waals surface area contributed by atoms with Crippen LogP contribution in [0.1, 0.15) is 5.56 Å². The molecule has 0 radical (unpaired) electrons. The van der Waals surface area contributed by atoms with Gasteiger partial charge in [0.2, 0.25) is 5.91 Å². The lowest BCUT2D eigenvalue weighted by Gasteiger charge is -2.10. The average molecular weight is 329 g/mol. The number of methoxy groups -OCH3 is 1. The largest absolute Gasteiger partial charge is 0.497 e. The maximum Gasteiger partial charge on any atom is 0.248 e. The molecule has 0 saturated carbocycles. The van der Waals surface area contributed by atoms with Crippen molar-refractivity contribution >= 4 is 17.7 Å². The Morgan fingerprint density at radius 2 is 1.68 bits per heavy atom. The molecule has 25 heavy (non-hydrogen) atoms. The van der Waals surface area contributed by atoms with E-state index < -0.39 is 0 Å². The summed E-state index contributed by atoms with van der Waals surface area (Å²) in [5.74, 6) is 0.586. The van der Waals surface area contributed by atoms with Gasteiger partial charge in [0.15, 0.2) is 0 Å². The summed E-state index contributed by atoms with van der Waals surface area (Å²) < 4.78 is 5.19. The van der Waals surface area contributed by atoms with Crippen LogP contribution in [0.25, 0.3) is 17.2 Å². The Morgan fingerprint density at radius 3 is 2.48 bits per heavy atom. The fraction of sp³-hybridized carbons (Fsp3) is 0.0455. The van der Waals surface area contributed by atoms with Crippen LogP contribution in [0.2, 0.25) is 0 Å². The lowest BCUT2D eigenvalue weighted by Crippen LogP contribution is -2.08. The van der Waals surface area contributed by atoms with E-state index in [1.165, 1.54) is 6.08 Å². The van der Waals surface area contributed by atoms with Crippen LogP contribution < -0.4 is 10.1 Å². The summed E-state index contributed by atoms with van der Waals surface area (Å²) in [7, 11) is 1.62. The van der Waals surface area contributed by atoms with Crippen LogP contribution >= 0.6 is 0 Å². The molecule has 1 amide bonds. The molecule has 0 atom stereocenters. The third kappa shape index (κ3) is 4.36. The Kier molecular flexibility index (Phi) is 5.27. The number of anilines is 1. The van der Waals surface area contributed by atoms with Crippen LogP contribution in [0.5, 0.6) is 5.75 Å². The zero-order chi connectivity index (χ0) is 17.5. The number of nitrogens with one attached hydrogen (secondary N) is 1. The number of carbonyl (C=O) groups excluding carboxylic acids is 1. The zero-order valence-electron chi connectivity index (χ0n) is 14.0. The third-order valence-corrected chi connectivity index (χ3v) is 3.79. The second-order valence-electron chi connectivity index (χ2n) is 5.51. The summed E-state index contributed by atoms with van der Waals surface area (Å²) in [5.41, 5.74) is 3.75. The highest BCUT2D eigenvalue weighted by Gasteiger charge is 2.06. The molecule has 0 aromatic heterocycles. The minimum absolute atomic E-state index is 0.175. The highest BCUT2D eigenvalue weighted by atomic mass is 16.5. The van der Waals surface area contributed by atoms with E-state index in [1.54, 1.807) is 13.2 Å². The molecule has 0 bridgehead atoms. The van der Waals surface area contributed by atoms with Gasteiger partial charge in [-0.1, -0.05) is 60.7 Å². The lowest BCUT2D eigenvalue weighted by atomic mass is 10.0. The van der Waals surface area contributed by atoms with Crippen LogP contribution in [-0.2, 0) is 4.79 Å². The van der Waals surface area contributed by atoms with Crippen LogP contribution in [0, 0.1) is 0 Å². The number of para-hydroxylation sites is 1. The minimum Gasteiger partial charge on any atom is -0.497 e. The molecule has 0 heterocycles. The topological polar surface area (TPSA) is 38.3 Å². The van der Waals surface area contributed by atoms with Crippen molar-refractivity contribution in [3.05, 3.63) is 90.5 Å². The van der Waals surface area contributed by atoms with Crippen LogP contribution in [-0.4, -0.2) is 13.0 Å². The van der Waals surface area contributed by atoms with Gasteiger partial charge >= 0.3 is 0 Å². The summed E-state index contributed by atoms with van der Waals surface area (Å²) in [6, 6.07) is 25.3. The summed E-state index contributed by atoms with van der Waals surface area (Å²) in [6.07, 6.45) is 3.29. The van der Waals surface area contributed by atoms with E-state index >= 15 is 0 Å². The quantitative estimate of drug-likeness (QED) is 0.668. The molecular formula is C22H19NO2. The summed E-state index contributed by atoms with van der Waals surface area (Å²) in [5, 5.41) is 2.95. The summed E-state index contributed by atoms with van der Waals surface area (Å²) >= 11 is 0. The van der Waals surface area contributed by atoms with Gasteiger partial charge in [0.05, 0.1) is 7.11 Å². The molecule has 0 fully saturated rings. The van der Waals surface area contributed by atoms with Crippen molar-refractivity contribution in [3.8, 4) is 16.9 Å². The number of hydrogen-bond donors (Lipinski definition) is 1. The van der Waals surface area contributed by atoms with E-state index in [0.717, 1.165) is 28.1 Å². The number of ether oxygens (including phenoxy) is 1. The van der Waals surface area contributed by atoms with E-state index in [2.05, 4.69) is 5.32 Å². The summed E-state index contributed by atoms with van der Waals surface area (Å²) in [4.78, 5) is 12.3. The van der Waals surface area contributed by atoms with Crippen LogP contribution in [0.15, 0.2) is 84.9 Å². The molecule has 3 heteroatoms. The lowest BCUT2D eigenvalue weighted by molar-refractivity contribution is -0.111. The first-order valence-corrected chi connectivity index (χ1v) is 8.04. The predicted octanol–water partition coefficient (Wildman–Crippen LogP) is 5.01. The van der Waals surface area contributed by atoms with Gasteiger partial charge in [-0.05, 0) is 35.4 Å². The van der Waals surface area contributed by atoms with E-state index in [4.69, 9.17) is 4.74 Å². The Bertz CT molecular complexity index is 885. The fourth-order valence-electron chi connectivity index (χ4n) is 2.55. The monoisotopic (exact) mass is 329 g/mol. The molecule has 0 aliphatic carbocycles. The molecule has 3 aromatic carbocycles. The Balaban J connectivity index is 1.76. The molecule has 0 spiro atoms. The molecule has 3 rings (SSSR count). The minimum atomic E-state index is -0.175. The molecular weight excluding hydrogens is 310 g/mol. The first-order valence-electron chi connectivity index (χ1n) is 8.04. The Morgan fingerprint density at radius 1 is 0.920 bits per heavy atom. The smallest absolute Gasteiger partial charge is 0.248 e. The highest BCUT2D eigenvalue weighted by Crippen LogP contribution is 2.27. The zero-order valence-corrected chi connectivity index (χ0v) is 14.0. The SMILES string of the molecule is COc1cccc(/C=C/C(=O)Nc2ccccc2-c2ccccc2)c1. The number of benzene rings is 3. The van der Waals surface area contributed by atoms with Gasteiger partial charge < -0.3 is 10.1 Å². The van der Waals surface area contributed by atoms with Gasteiger partial charge in [0, 0.05) is 17.3 Å². The second kappa shape index (κ2) is 7.97. The molecule has 3 nitrogen and oxygen atoms in total.